The summed E-state index contributed by atoms with van der Waals surface area (Å²) in [6.45, 7) is 8.55. The van der Waals surface area contributed by atoms with E-state index in [-0.39, 0.29) is 16.6 Å². The summed E-state index contributed by atoms with van der Waals surface area (Å²) in [5, 5.41) is 9.11. The van der Waals surface area contributed by atoms with Crippen molar-refractivity contribution >= 4 is 11.4 Å². The SMILES string of the molecule is C/C=C(CO)\C(F)=C(/C)c1cnc(N2CC(C)(C)C2)c(F)c1. The molecule has 0 aliphatic carbocycles. The van der Waals surface area contributed by atoms with E-state index in [1.54, 1.807) is 13.8 Å². The number of allylic oxidation sites excluding steroid dienone is 2. The van der Waals surface area contributed by atoms with Gasteiger partial charge in [0.05, 0.1) is 6.61 Å². The first-order valence-electron chi connectivity index (χ1n) is 7.32. The zero-order chi connectivity index (χ0) is 16.5. The summed E-state index contributed by atoms with van der Waals surface area (Å²) in [5.74, 6) is -0.681. The van der Waals surface area contributed by atoms with E-state index in [1.807, 2.05) is 4.90 Å². The van der Waals surface area contributed by atoms with Gasteiger partial charge in [0.1, 0.15) is 5.83 Å². The molecule has 0 spiro atoms. The molecule has 1 aromatic heterocycles. The molecule has 0 aromatic carbocycles. The van der Waals surface area contributed by atoms with Crippen LogP contribution in [-0.4, -0.2) is 29.8 Å². The summed E-state index contributed by atoms with van der Waals surface area (Å²) in [4.78, 5) is 6.02. The van der Waals surface area contributed by atoms with Crippen LogP contribution in [0.2, 0.25) is 0 Å². The summed E-state index contributed by atoms with van der Waals surface area (Å²) in [7, 11) is 0. The van der Waals surface area contributed by atoms with Crippen molar-refractivity contribution in [1.82, 2.24) is 4.98 Å². The van der Waals surface area contributed by atoms with Gasteiger partial charge in [-0.3, -0.25) is 0 Å². The average Bonchev–Trinajstić information content (AvgIpc) is 2.45. The monoisotopic (exact) mass is 308 g/mol. The molecular formula is C17H22F2N2O. The lowest BCUT2D eigenvalue weighted by Gasteiger charge is -2.46. The highest BCUT2D eigenvalue weighted by atomic mass is 19.1. The Labute approximate surface area is 130 Å². The number of hydrogen-bond donors (Lipinski definition) is 1. The zero-order valence-electron chi connectivity index (χ0n) is 13.5. The van der Waals surface area contributed by atoms with Crippen molar-refractivity contribution in [2.75, 3.05) is 24.6 Å². The van der Waals surface area contributed by atoms with Crippen molar-refractivity contribution < 1.29 is 13.9 Å². The molecule has 0 radical (unpaired) electrons. The molecule has 0 amide bonds. The quantitative estimate of drug-likeness (QED) is 0.862. The topological polar surface area (TPSA) is 36.4 Å². The largest absolute Gasteiger partial charge is 0.392 e. The van der Waals surface area contributed by atoms with Gasteiger partial charge in [-0.1, -0.05) is 19.9 Å². The second-order valence-electron chi connectivity index (χ2n) is 6.46. The second-order valence-corrected chi connectivity index (χ2v) is 6.46. The third-order valence-electron chi connectivity index (χ3n) is 3.92. The van der Waals surface area contributed by atoms with Gasteiger partial charge in [0.25, 0.3) is 0 Å². The molecule has 0 unspecified atom stereocenters. The maximum absolute atomic E-state index is 14.2. The number of halogens is 2. The Morgan fingerprint density at radius 1 is 1.45 bits per heavy atom. The standard InChI is InChI=1S/C17H22F2N2O/c1-5-12(8-22)15(19)11(2)13-6-14(18)16(20-7-13)21-9-17(3,4)10-21/h5-7,22H,8-10H2,1-4H3/b12-5-,15-11-. The van der Waals surface area contributed by atoms with Gasteiger partial charge in [-0.15, -0.1) is 0 Å². The van der Waals surface area contributed by atoms with Gasteiger partial charge < -0.3 is 10.0 Å². The lowest BCUT2D eigenvalue weighted by molar-refractivity contribution is 0.272. The molecule has 22 heavy (non-hydrogen) atoms. The van der Waals surface area contributed by atoms with E-state index in [9.17, 15) is 8.78 Å². The number of anilines is 1. The van der Waals surface area contributed by atoms with Crippen molar-refractivity contribution in [3.05, 3.63) is 41.1 Å². The number of hydrogen-bond acceptors (Lipinski definition) is 3. The fourth-order valence-corrected chi connectivity index (χ4v) is 2.66. The minimum atomic E-state index is -0.538. The molecule has 0 atom stereocenters. The lowest BCUT2D eigenvalue weighted by Crippen LogP contribution is -2.53. The van der Waals surface area contributed by atoms with Gasteiger partial charge >= 0.3 is 0 Å². The maximum atomic E-state index is 14.2. The molecule has 2 heterocycles. The molecule has 1 fully saturated rings. The van der Waals surface area contributed by atoms with Crippen LogP contribution in [0.5, 0.6) is 0 Å². The number of nitrogens with zero attached hydrogens (tertiary/aromatic N) is 2. The van der Waals surface area contributed by atoms with Gasteiger partial charge in [0.15, 0.2) is 11.6 Å². The van der Waals surface area contributed by atoms with Crippen LogP contribution in [0.4, 0.5) is 14.6 Å². The molecule has 3 nitrogen and oxygen atoms in total. The Morgan fingerprint density at radius 2 is 2.09 bits per heavy atom. The van der Waals surface area contributed by atoms with Crippen LogP contribution in [0.3, 0.4) is 0 Å². The smallest absolute Gasteiger partial charge is 0.166 e. The van der Waals surface area contributed by atoms with Crippen LogP contribution in [0.1, 0.15) is 33.3 Å². The molecule has 2 rings (SSSR count). The third-order valence-corrected chi connectivity index (χ3v) is 3.92. The van der Waals surface area contributed by atoms with Crippen molar-refractivity contribution in [2.24, 2.45) is 5.41 Å². The summed E-state index contributed by atoms with van der Waals surface area (Å²) in [6.07, 6.45) is 2.97. The normalized spacial score (nSPS) is 18.9. The third kappa shape index (κ3) is 3.19. The summed E-state index contributed by atoms with van der Waals surface area (Å²) >= 11 is 0. The van der Waals surface area contributed by atoms with E-state index in [2.05, 4.69) is 18.8 Å². The van der Waals surface area contributed by atoms with Crippen molar-refractivity contribution in [1.29, 1.82) is 0 Å². The van der Waals surface area contributed by atoms with Crippen molar-refractivity contribution in [2.45, 2.75) is 27.7 Å². The predicted molar refractivity (Wildman–Crippen MR) is 84.7 cm³/mol. The van der Waals surface area contributed by atoms with E-state index >= 15 is 0 Å². The van der Waals surface area contributed by atoms with Crippen LogP contribution >= 0.6 is 0 Å². The highest BCUT2D eigenvalue weighted by molar-refractivity contribution is 5.69. The lowest BCUT2D eigenvalue weighted by atomic mass is 9.84. The van der Waals surface area contributed by atoms with Crippen LogP contribution in [0.25, 0.3) is 5.57 Å². The van der Waals surface area contributed by atoms with Crippen molar-refractivity contribution in [3.63, 3.8) is 0 Å². The number of pyridine rings is 1. The predicted octanol–water partition coefficient (Wildman–Crippen LogP) is 3.71. The Kier molecular flexibility index (Phi) is 4.66. The van der Waals surface area contributed by atoms with Gasteiger partial charge in [-0.2, -0.15) is 0 Å². The number of rotatable bonds is 4. The summed E-state index contributed by atoms with van der Waals surface area (Å²) in [5.41, 5.74) is 1.01. The minimum Gasteiger partial charge on any atom is -0.392 e. The molecule has 1 aromatic rings. The van der Waals surface area contributed by atoms with E-state index in [1.165, 1.54) is 18.3 Å². The fraction of sp³-hybridized carbons (Fsp3) is 0.471. The van der Waals surface area contributed by atoms with Crippen LogP contribution in [0, 0.1) is 11.2 Å². The number of aromatic nitrogens is 1. The van der Waals surface area contributed by atoms with Crippen molar-refractivity contribution in [3.8, 4) is 0 Å². The molecule has 0 bridgehead atoms. The Bertz CT molecular complexity index is 628. The number of aliphatic hydroxyl groups excluding tert-OH is 1. The highest BCUT2D eigenvalue weighted by Crippen LogP contribution is 2.34. The first kappa shape index (κ1) is 16.6. The summed E-state index contributed by atoms with van der Waals surface area (Å²) in [6, 6.07) is 1.30. The van der Waals surface area contributed by atoms with Gasteiger partial charge in [0, 0.05) is 30.4 Å². The van der Waals surface area contributed by atoms with Crippen LogP contribution in [-0.2, 0) is 0 Å². The van der Waals surface area contributed by atoms with E-state index in [4.69, 9.17) is 5.11 Å². The first-order valence-corrected chi connectivity index (χ1v) is 7.32. The van der Waals surface area contributed by atoms with E-state index in [0.29, 0.717) is 11.4 Å². The fourth-order valence-electron chi connectivity index (χ4n) is 2.66. The molecule has 0 saturated carbocycles. The average molecular weight is 308 g/mol. The van der Waals surface area contributed by atoms with E-state index < -0.39 is 18.3 Å². The zero-order valence-corrected chi connectivity index (χ0v) is 13.5. The number of aliphatic hydroxyl groups is 1. The highest BCUT2D eigenvalue weighted by Gasteiger charge is 2.36. The van der Waals surface area contributed by atoms with E-state index in [0.717, 1.165) is 13.1 Å². The molecule has 120 valence electrons. The molecule has 1 aliphatic heterocycles. The van der Waals surface area contributed by atoms with Gasteiger partial charge in [0.2, 0.25) is 0 Å². The Balaban J connectivity index is 2.28. The Hall–Kier alpha value is -1.75. The first-order chi connectivity index (χ1) is 10.3. The minimum absolute atomic E-state index is 0.177. The molecular weight excluding hydrogens is 286 g/mol. The second kappa shape index (κ2) is 6.16. The molecule has 1 aliphatic rings. The van der Waals surface area contributed by atoms with Gasteiger partial charge in [-0.05, 0) is 30.9 Å². The van der Waals surface area contributed by atoms with Crippen LogP contribution < -0.4 is 4.90 Å². The van der Waals surface area contributed by atoms with Gasteiger partial charge in [-0.25, -0.2) is 13.8 Å². The molecule has 1 N–H and O–H groups in total. The summed E-state index contributed by atoms with van der Waals surface area (Å²) < 4.78 is 28.5. The Morgan fingerprint density at radius 3 is 2.55 bits per heavy atom. The molecule has 5 heteroatoms. The molecule has 1 saturated heterocycles. The maximum Gasteiger partial charge on any atom is 0.166 e. The van der Waals surface area contributed by atoms with Crippen LogP contribution in [0.15, 0.2) is 29.7 Å².